The second kappa shape index (κ2) is 12.5. The van der Waals surface area contributed by atoms with E-state index in [0.717, 1.165) is 61.7 Å². The third kappa shape index (κ3) is 5.85. The van der Waals surface area contributed by atoms with Crippen LogP contribution in [-0.4, -0.2) is 24.9 Å². The summed E-state index contributed by atoms with van der Waals surface area (Å²) in [7, 11) is 0. The number of hydrogen-bond acceptors (Lipinski definition) is 5. The van der Waals surface area contributed by atoms with Gasteiger partial charge in [-0.3, -0.25) is 0 Å². The second-order valence-electron chi connectivity index (χ2n) is 11.9. The summed E-state index contributed by atoms with van der Waals surface area (Å²) in [5.41, 5.74) is 9.96. The summed E-state index contributed by atoms with van der Waals surface area (Å²) in [4.78, 5) is 24.6. The largest absolute Gasteiger partial charge is 0.233 e. The minimum Gasteiger partial charge on any atom is -0.233 e. The van der Waals surface area contributed by atoms with Gasteiger partial charge in [-0.05, 0) is 77.2 Å². The van der Waals surface area contributed by atoms with E-state index in [0.29, 0.717) is 17.5 Å². The Morgan fingerprint density at radius 3 is 1.46 bits per heavy atom. The van der Waals surface area contributed by atoms with Gasteiger partial charge in [-0.15, -0.1) is 0 Å². The summed E-state index contributed by atoms with van der Waals surface area (Å²) < 4.78 is 0. The van der Waals surface area contributed by atoms with E-state index in [1.807, 2.05) is 80.6 Å². The Balaban J connectivity index is 1.36. The first-order valence-corrected chi connectivity index (χ1v) is 16.0. The molecule has 0 aliphatic rings. The summed E-state index contributed by atoms with van der Waals surface area (Å²) in [6.45, 7) is 4.01. The van der Waals surface area contributed by atoms with E-state index < -0.39 is 0 Å². The van der Waals surface area contributed by atoms with Crippen molar-refractivity contribution in [3.63, 3.8) is 0 Å². The SMILES string of the molecule is Cc1cc(C)nc(-c2cccc(-c3cc(-c4nc(-c5ccccc5)nc(-c5ccccc5)n4)cc(-c4cccc5ccccc45)c3)c2)n1. The molecule has 0 fully saturated rings. The lowest BCUT2D eigenvalue weighted by atomic mass is 9.92. The van der Waals surface area contributed by atoms with Crippen LogP contribution in [0.1, 0.15) is 11.4 Å². The molecule has 0 aliphatic carbocycles. The Morgan fingerprint density at radius 1 is 0.312 bits per heavy atom. The van der Waals surface area contributed by atoms with E-state index >= 15 is 0 Å². The van der Waals surface area contributed by atoms with Gasteiger partial charge in [0, 0.05) is 33.6 Å². The van der Waals surface area contributed by atoms with E-state index in [2.05, 4.69) is 84.9 Å². The van der Waals surface area contributed by atoms with E-state index in [1.54, 1.807) is 0 Å². The van der Waals surface area contributed by atoms with Crippen molar-refractivity contribution in [3.05, 3.63) is 163 Å². The minimum absolute atomic E-state index is 0.611. The van der Waals surface area contributed by atoms with Gasteiger partial charge in [-0.25, -0.2) is 24.9 Å². The van der Waals surface area contributed by atoms with Gasteiger partial charge in [0.25, 0.3) is 0 Å². The van der Waals surface area contributed by atoms with Crippen LogP contribution in [0.4, 0.5) is 0 Å². The minimum atomic E-state index is 0.611. The lowest BCUT2D eigenvalue weighted by Crippen LogP contribution is -2.00. The topological polar surface area (TPSA) is 64.5 Å². The van der Waals surface area contributed by atoms with Crippen LogP contribution in [0.3, 0.4) is 0 Å². The lowest BCUT2D eigenvalue weighted by Gasteiger charge is -2.14. The zero-order valence-electron chi connectivity index (χ0n) is 26.7. The summed E-state index contributed by atoms with van der Waals surface area (Å²) in [5, 5.41) is 2.37. The molecule has 2 aromatic heterocycles. The van der Waals surface area contributed by atoms with E-state index in [-0.39, 0.29) is 0 Å². The third-order valence-corrected chi connectivity index (χ3v) is 8.43. The highest BCUT2D eigenvalue weighted by Crippen LogP contribution is 2.37. The van der Waals surface area contributed by atoms with Gasteiger partial charge in [-0.1, -0.05) is 121 Å². The Morgan fingerprint density at radius 2 is 0.771 bits per heavy atom. The average molecular weight is 618 g/mol. The Bertz CT molecular complexity index is 2340. The van der Waals surface area contributed by atoms with Gasteiger partial charge in [0.1, 0.15) is 0 Å². The molecule has 0 aliphatic heterocycles. The standard InChI is InChI=1S/C43H31N5/c1-28-23-29(2)45-42(44-28)34-20-11-19-33(24-34)35-25-36(39-22-12-18-30-13-9-10-21-38(30)39)27-37(26-35)43-47-40(31-14-5-3-6-15-31)46-41(48-43)32-16-7-4-8-17-32/h3-27H,1-2H3. The van der Waals surface area contributed by atoms with Crippen LogP contribution in [-0.2, 0) is 0 Å². The summed E-state index contributed by atoms with van der Waals surface area (Å²) >= 11 is 0. The average Bonchev–Trinajstić information content (AvgIpc) is 3.14. The molecule has 8 rings (SSSR count). The van der Waals surface area contributed by atoms with Crippen molar-refractivity contribution in [2.75, 3.05) is 0 Å². The first-order valence-electron chi connectivity index (χ1n) is 16.0. The molecule has 0 bridgehead atoms. The molecule has 0 saturated carbocycles. The quantitative estimate of drug-likeness (QED) is 0.186. The van der Waals surface area contributed by atoms with Crippen LogP contribution in [0.2, 0.25) is 0 Å². The zero-order chi connectivity index (χ0) is 32.5. The first-order chi connectivity index (χ1) is 23.6. The fraction of sp³-hybridized carbons (Fsp3) is 0.0465. The van der Waals surface area contributed by atoms with Crippen molar-refractivity contribution in [3.8, 4) is 67.8 Å². The molecule has 48 heavy (non-hydrogen) atoms. The molecule has 0 unspecified atom stereocenters. The van der Waals surface area contributed by atoms with Gasteiger partial charge in [0.05, 0.1) is 0 Å². The molecule has 228 valence electrons. The summed E-state index contributed by atoms with van der Waals surface area (Å²) in [5.74, 6) is 2.59. The van der Waals surface area contributed by atoms with Crippen molar-refractivity contribution in [2.24, 2.45) is 0 Å². The van der Waals surface area contributed by atoms with E-state index in [1.165, 1.54) is 10.8 Å². The lowest BCUT2D eigenvalue weighted by molar-refractivity contribution is 1.06. The molecule has 2 heterocycles. The highest BCUT2D eigenvalue weighted by molar-refractivity contribution is 5.98. The third-order valence-electron chi connectivity index (χ3n) is 8.43. The van der Waals surface area contributed by atoms with Crippen LogP contribution in [0.5, 0.6) is 0 Å². The molecular formula is C43H31N5. The highest BCUT2D eigenvalue weighted by Gasteiger charge is 2.16. The first kappa shape index (κ1) is 29.1. The smallest absolute Gasteiger partial charge is 0.164 e. The van der Waals surface area contributed by atoms with Crippen molar-refractivity contribution >= 4 is 10.8 Å². The predicted octanol–water partition coefficient (Wildman–Crippen LogP) is 10.4. The fourth-order valence-electron chi connectivity index (χ4n) is 6.19. The molecule has 0 amide bonds. The molecule has 0 spiro atoms. The number of rotatable bonds is 6. The maximum Gasteiger partial charge on any atom is 0.164 e. The molecule has 0 saturated heterocycles. The molecule has 0 N–H and O–H groups in total. The monoisotopic (exact) mass is 617 g/mol. The van der Waals surface area contributed by atoms with Gasteiger partial charge >= 0.3 is 0 Å². The molecule has 6 aromatic carbocycles. The Kier molecular flexibility index (Phi) is 7.55. The van der Waals surface area contributed by atoms with Crippen molar-refractivity contribution in [1.82, 2.24) is 24.9 Å². The molecule has 8 aromatic rings. The number of fused-ring (bicyclic) bond motifs is 1. The molecule has 0 atom stereocenters. The Labute approximate surface area is 279 Å². The van der Waals surface area contributed by atoms with Crippen molar-refractivity contribution in [2.45, 2.75) is 13.8 Å². The maximum absolute atomic E-state index is 5.07. The van der Waals surface area contributed by atoms with E-state index in [4.69, 9.17) is 24.9 Å². The molecule has 0 radical (unpaired) electrons. The predicted molar refractivity (Wildman–Crippen MR) is 195 cm³/mol. The highest BCUT2D eigenvalue weighted by atomic mass is 15.0. The maximum atomic E-state index is 5.07. The van der Waals surface area contributed by atoms with Crippen LogP contribution in [0, 0.1) is 13.8 Å². The van der Waals surface area contributed by atoms with E-state index in [9.17, 15) is 0 Å². The second-order valence-corrected chi connectivity index (χ2v) is 11.9. The molecule has 5 heteroatoms. The van der Waals surface area contributed by atoms with Crippen LogP contribution in [0.25, 0.3) is 78.6 Å². The van der Waals surface area contributed by atoms with Crippen molar-refractivity contribution in [1.29, 1.82) is 0 Å². The number of benzene rings is 6. The normalized spacial score (nSPS) is 11.1. The van der Waals surface area contributed by atoms with Gasteiger partial charge in [-0.2, -0.15) is 0 Å². The molecule has 5 nitrogen and oxygen atoms in total. The zero-order valence-corrected chi connectivity index (χ0v) is 26.7. The number of hydrogen-bond donors (Lipinski definition) is 0. The number of aromatic nitrogens is 5. The van der Waals surface area contributed by atoms with Crippen LogP contribution in [0.15, 0.2) is 152 Å². The Hall–Kier alpha value is -6.33. The van der Waals surface area contributed by atoms with Gasteiger partial charge in [0.2, 0.25) is 0 Å². The van der Waals surface area contributed by atoms with Crippen molar-refractivity contribution < 1.29 is 0 Å². The van der Waals surface area contributed by atoms with Gasteiger partial charge < -0.3 is 0 Å². The summed E-state index contributed by atoms with van der Waals surface area (Å²) in [6.07, 6.45) is 0. The van der Waals surface area contributed by atoms with Gasteiger partial charge in [0.15, 0.2) is 23.3 Å². The molecular weight excluding hydrogens is 587 g/mol. The number of aryl methyl sites for hydroxylation is 2. The van der Waals surface area contributed by atoms with Crippen LogP contribution < -0.4 is 0 Å². The summed E-state index contributed by atoms with van der Waals surface area (Å²) in [6, 6.07) is 52.2. The number of nitrogens with zero attached hydrogens (tertiary/aromatic N) is 5. The van der Waals surface area contributed by atoms with Crippen LogP contribution >= 0.6 is 0 Å². The fourth-order valence-corrected chi connectivity index (χ4v) is 6.19.